The second kappa shape index (κ2) is 9.20. The minimum Gasteiger partial charge on any atom is -0.457 e. The first-order valence-electron chi connectivity index (χ1n) is 13.0. The number of nitrogens with one attached hydrogen (secondary N) is 2. The van der Waals surface area contributed by atoms with Gasteiger partial charge in [-0.25, -0.2) is 0 Å². The van der Waals surface area contributed by atoms with Gasteiger partial charge in [-0.1, -0.05) is 24.3 Å². The molecule has 2 heterocycles. The van der Waals surface area contributed by atoms with E-state index in [-0.39, 0.29) is 11.5 Å². The average Bonchev–Trinajstić information content (AvgIpc) is 2.90. The molecule has 0 amide bonds. The summed E-state index contributed by atoms with van der Waals surface area (Å²) in [7, 11) is 3.87. The van der Waals surface area contributed by atoms with E-state index >= 15 is 0 Å². The summed E-state index contributed by atoms with van der Waals surface area (Å²) in [6.45, 7) is 0. The normalized spacial score (nSPS) is 19.5. The first-order valence-corrected chi connectivity index (χ1v) is 13.0. The molecule has 6 heteroatoms. The molecular weight excluding hydrogens is 460 g/mol. The number of benzene rings is 3. The Morgan fingerprint density at radius 3 is 2.08 bits per heavy atom. The summed E-state index contributed by atoms with van der Waals surface area (Å²) in [5, 5.41) is 6.51. The lowest BCUT2D eigenvalue weighted by molar-refractivity contribution is 0.314. The third-order valence-corrected chi connectivity index (χ3v) is 8.06. The molecule has 37 heavy (non-hydrogen) atoms. The Morgan fingerprint density at radius 2 is 1.46 bits per heavy atom. The van der Waals surface area contributed by atoms with Gasteiger partial charge in [0.05, 0.1) is 0 Å². The Bertz CT molecular complexity index is 1370. The number of anilines is 3. The molecule has 0 bridgehead atoms. The standard InChI is InChI=1S/C31H34N4O2/c1-34-23-7-3-19-11-13-31(14-12-20-4-8-24(35-2)18-28(20)36-27(19)17-23)25-9-5-21(32)15-29(25)37-30-16-22(33)6-10-26(30)31/h3-5,7-10,15-18,22,34-35H,6,11-14,32-33H2,1-2H3. The average molecular weight is 495 g/mol. The SMILES string of the molecule is CNc1ccc2c(c1)Oc1cc(NC)ccc1CCC1(CC2)C2=CCC(N)C=C2Oc2cc(N)ccc21. The lowest BCUT2D eigenvalue weighted by Gasteiger charge is -2.44. The number of nitrogens with two attached hydrogens (primary N) is 2. The number of fused-ring (bicyclic) bond motifs is 6. The largest absolute Gasteiger partial charge is 0.457 e. The Morgan fingerprint density at radius 1 is 0.811 bits per heavy atom. The van der Waals surface area contributed by atoms with Crippen molar-refractivity contribution in [1.29, 1.82) is 0 Å². The molecule has 2 aliphatic heterocycles. The molecule has 3 aromatic rings. The number of hydrogen-bond donors (Lipinski definition) is 4. The van der Waals surface area contributed by atoms with E-state index in [9.17, 15) is 0 Å². The van der Waals surface area contributed by atoms with Crippen LogP contribution in [0.1, 0.15) is 36.0 Å². The van der Waals surface area contributed by atoms with Gasteiger partial charge in [0.1, 0.15) is 23.0 Å². The van der Waals surface area contributed by atoms with Crippen LogP contribution in [0.2, 0.25) is 0 Å². The van der Waals surface area contributed by atoms with Crippen LogP contribution in [0.4, 0.5) is 17.1 Å². The van der Waals surface area contributed by atoms with Crippen molar-refractivity contribution < 1.29 is 9.47 Å². The van der Waals surface area contributed by atoms with Gasteiger partial charge in [0.2, 0.25) is 0 Å². The molecule has 6 N–H and O–H groups in total. The number of allylic oxidation sites excluding steroid dienone is 1. The predicted octanol–water partition coefficient (Wildman–Crippen LogP) is 5.90. The van der Waals surface area contributed by atoms with Gasteiger partial charge in [-0.3, -0.25) is 0 Å². The first-order chi connectivity index (χ1) is 18.0. The van der Waals surface area contributed by atoms with E-state index in [1.807, 2.05) is 26.2 Å². The third kappa shape index (κ3) is 4.11. The molecule has 0 radical (unpaired) electrons. The van der Waals surface area contributed by atoms with Crippen LogP contribution in [-0.4, -0.2) is 20.1 Å². The Hall–Kier alpha value is -3.90. The molecule has 3 aliphatic rings. The summed E-state index contributed by atoms with van der Waals surface area (Å²) in [5.74, 6) is 3.49. The van der Waals surface area contributed by atoms with Gasteiger partial charge < -0.3 is 31.6 Å². The van der Waals surface area contributed by atoms with E-state index < -0.39 is 0 Å². The molecule has 1 unspecified atom stereocenters. The highest BCUT2D eigenvalue weighted by Crippen LogP contribution is 2.54. The van der Waals surface area contributed by atoms with E-state index in [2.05, 4.69) is 65.3 Å². The lowest BCUT2D eigenvalue weighted by Crippen LogP contribution is -2.38. The second-order valence-corrected chi connectivity index (χ2v) is 10.2. The number of nitrogen functional groups attached to an aromatic ring is 1. The van der Waals surface area contributed by atoms with E-state index in [0.717, 1.165) is 66.5 Å². The van der Waals surface area contributed by atoms with Gasteiger partial charge in [-0.05, 0) is 67.5 Å². The van der Waals surface area contributed by atoms with Crippen LogP contribution in [0.5, 0.6) is 17.2 Å². The number of ether oxygens (including phenoxy) is 2. The van der Waals surface area contributed by atoms with Gasteiger partial charge in [0.15, 0.2) is 0 Å². The fourth-order valence-corrected chi connectivity index (χ4v) is 6.01. The van der Waals surface area contributed by atoms with Crippen molar-refractivity contribution in [1.82, 2.24) is 0 Å². The minimum atomic E-state index is -0.234. The van der Waals surface area contributed by atoms with Crippen LogP contribution >= 0.6 is 0 Å². The van der Waals surface area contributed by atoms with Crippen LogP contribution < -0.4 is 31.6 Å². The maximum Gasteiger partial charge on any atom is 0.133 e. The molecule has 0 aromatic heterocycles. The fraction of sp³-hybridized carbons (Fsp3) is 0.290. The van der Waals surface area contributed by atoms with E-state index in [0.29, 0.717) is 5.69 Å². The Labute approximate surface area is 218 Å². The van der Waals surface area contributed by atoms with Crippen LogP contribution in [0.3, 0.4) is 0 Å². The fourth-order valence-electron chi connectivity index (χ4n) is 6.01. The zero-order valence-electron chi connectivity index (χ0n) is 21.4. The summed E-state index contributed by atoms with van der Waals surface area (Å²) < 4.78 is 13.1. The Kier molecular flexibility index (Phi) is 5.84. The van der Waals surface area contributed by atoms with Gasteiger partial charge in [-0.15, -0.1) is 0 Å². The number of rotatable bonds is 2. The number of aryl methyl sites for hydroxylation is 2. The van der Waals surface area contributed by atoms with E-state index in [1.165, 1.54) is 22.3 Å². The van der Waals surface area contributed by atoms with Gasteiger partial charge in [0, 0.05) is 71.9 Å². The minimum absolute atomic E-state index is 0.0484. The zero-order valence-corrected chi connectivity index (χ0v) is 21.4. The quantitative estimate of drug-likeness (QED) is 0.332. The van der Waals surface area contributed by atoms with Crippen molar-refractivity contribution in [2.45, 2.75) is 43.6 Å². The van der Waals surface area contributed by atoms with E-state index in [4.69, 9.17) is 20.9 Å². The maximum absolute atomic E-state index is 6.62. The third-order valence-electron chi connectivity index (χ3n) is 8.06. The maximum atomic E-state index is 6.62. The topological polar surface area (TPSA) is 94.6 Å². The summed E-state index contributed by atoms with van der Waals surface area (Å²) in [4.78, 5) is 0. The molecule has 0 saturated carbocycles. The number of hydrogen-bond acceptors (Lipinski definition) is 6. The van der Waals surface area contributed by atoms with E-state index in [1.54, 1.807) is 0 Å². The van der Waals surface area contributed by atoms with Crippen LogP contribution in [-0.2, 0) is 18.3 Å². The van der Waals surface area contributed by atoms with Crippen molar-refractivity contribution in [3.05, 3.63) is 94.8 Å². The highest BCUT2D eigenvalue weighted by molar-refractivity contribution is 5.62. The van der Waals surface area contributed by atoms with Crippen LogP contribution in [0, 0.1) is 0 Å². The second-order valence-electron chi connectivity index (χ2n) is 10.2. The summed E-state index contributed by atoms with van der Waals surface area (Å²) in [5.41, 5.74) is 19.9. The molecule has 1 aliphatic carbocycles. The summed E-state index contributed by atoms with van der Waals surface area (Å²) in [6.07, 6.45) is 8.75. The molecule has 1 spiro atoms. The van der Waals surface area contributed by atoms with Crippen molar-refractivity contribution >= 4 is 17.1 Å². The molecule has 190 valence electrons. The molecule has 6 nitrogen and oxygen atoms in total. The highest BCUT2D eigenvalue weighted by Gasteiger charge is 2.45. The van der Waals surface area contributed by atoms with Crippen molar-refractivity contribution in [3.63, 3.8) is 0 Å². The van der Waals surface area contributed by atoms with Gasteiger partial charge in [0.25, 0.3) is 0 Å². The molecule has 0 fully saturated rings. The smallest absolute Gasteiger partial charge is 0.133 e. The lowest BCUT2D eigenvalue weighted by atomic mass is 9.64. The summed E-state index contributed by atoms with van der Waals surface area (Å²) in [6, 6.07) is 18.9. The molecular formula is C31H34N4O2. The van der Waals surface area contributed by atoms with Crippen molar-refractivity contribution in [2.24, 2.45) is 5.73 Å². The molecule has 0 saturated heterocycles. The molecule has 1 atom stereocenters. The Balaban J connectivity index is 1.55. The van der Waals surface area contributed by atoms with Gasteiger partial charge in [-0.2, -0.15) is 0 Å². The van der Waals surface area contributed by atoms with Gasteiger partial charge >= 0.3 is 0 Å². The first kappa shape index (κ1) is 23.5. The predicted molar refractivity (Wildman–Crippen MR) is 151 cm³/mol. The van der Waals surface area contributed by atoms with Crippen molar-refractivity contribution in [2.75, 3.05) is 30.5 Å². The van der Waals surface area contributed by atoms with Crippen LogP contribution in [0.25, 0.3) is 0 Å². The molecule has 6 rings (SSSR count). The highest BCUT2D eigenvalue weighted by atomic mass is 16.5. The van der Waals surface area contributed by atoms with Crippen LogP contribution in [0.15, 0.2) is 78.1 Å². The van der Waals surface area contributed by atoms with Crippen molar-refractivity contribution in [3.8, 4) is 17.2 Å². The monoisotopic (exact) mass is 494 g/mol. The zero-order chi connectivity index (χ0) is 25.6. The summed E-state index contributed by atoms with van der Waals surface area (Å²) >= 11 is 0. The molecule has 3 aromatic carbocycles.